The van der Waals surface area contributed by atoms with Crippen LogP contribution in [0.1, 0.15) is 28.3 Å². The molecule has 18 heavy (non-hydrogen) atoms. The third kappa shape index (κ3) is 2.75. The first-order valence-electron chi connectivity index (χ1n) is 6.13. The third-order valence-corrected chi connectivity index (χ3v) is 3.34. The molecule has 0 radical (unpaired) electrons. The van der Waals surface area contributed by atoms with Crippen molar-refractivity contribution in [2.24, 2.45) is 5.84 Å². The van der Waals surface area contributed by atoms with Gasteiger partial charge < -0.3 is 0 Å². The number of rotatable bonds is 4. The average Bonchev–Trinajstić information content (AvgIpc) is 2.40. The monoisotopic (exact) mass is 241 g/mol. The topological polar surface area (TPSA) is 50.9 Å². The molecule has 1 aromatic heterocycles. The first-order valence-corrected chi connectivity index (χ1v) is 6.13. The molecule has 3 N–H and O–H groups in total. The molecule has 94 valence electrons. The van der Waals surface area contributed by atoms with Gasteiger partial charge in [-0.05, 0) is 48.6 Å². The molecule has 1 unspecified atom stereocenters. The van der Waals surface area contributed by atoms with Crippen LogP contribution in [0, 0.1) is 13.8 Å². The van der Waals surface area contributed by atoms with Gasteiger partial charge in [-0.25, -0.2) is 0 Å². The number of nitrogens with two attached hydrogens (primary N) is 1. The summed E-state index contributed by atoms with van der Waals surface area (Å²) < 4.78 is 0. The minimum atomic E-state index is 0.0958. The SMILES string of the molecule is Cc1cccc(C)c1CC(NN)c1cccnc1. The minimum Gasteiger partial charge on any atom is -0.271 e. The molecule has 0 saturated heterocycles. The summed E-state index contributed by atoms with van der Waals surface area (Å²) in [5.74, 6) is 5.68. The van der Waals surface area contributed by atoms with Crippen molar-refractivity contribution in [1.82, 2.24) is 10.4 Å². The second-order valence-electron chi connectivity index (χ2n) is 4.58. The van der Waals surface area contributed by atoms with E-state index in [1.54, 1.807) is 6.20 Å². The summed E-state index contributed by atoms with van der Waals surface area (Å²) in [4.78, 5) is 4.14. The fourth-order valence-electron chi connectivity index (χ4n) is 2.23. The molecule has 2 rings (SSSR count). The fraction of sp³-hybridized carbons (Fsp3) is 0.267. The Kier molecular flexibility index (Phi) is 4.07. The van der Waals surface area contributed by atoms with E-state index in [0.717, 1.165) is 12.0 Å². The lowest BCUT2D eigenvalue weighted by Gasteiger charge is -2.18. The van der Waals surface area contributed by atoms with Crippen LogP contribution in [-0.2, 0) is 6.42 Å². The highest BCUT2D eigenvalue weighted by atomic mass is 15.2. The van der Waals surface area contributed by atoms with Crippen molar-refractivity contribution in [3.8, 4) is 0 Å². The molecule has 0 fully saturated rings. The van der Waals surface area contributed by atoms with E-state index in [9.17, 15) is 0 Å². The molecule has 1 aromatic carbocycles. The van der Waals surface area contributed by atoms with Crippen LogP contribution in [0.15, 0.2) is 42.7 Å². The van der Waals surface area contributed by atoms with Gasteiger partial charge in [0, 0.05) is 12.4 Å². The summed E-state index contributed by atoms with van der Waals surface area (Å²) in [5, 5.41) is 0. The number of pyridine rings is 1. The van der Waals surface area contributed by atoms with Crippen LogP contribution in [-0.4, -0.2) is 4.98 Å². The molecule has 3 nitrogen and oxygen atoms in total. The van der Waals surface area contributed by atoms with Gasteiger partial charge in [-0.2, -0.15) is 0 Å². The van der Waals surface area contributed by atoms with E-state index in [2.05, 4.69) is 42.5 Å². The molecule has 0 aliphatic carbocycles. The molecule has 1 atom stereocenters. The number of aryl methyl sites for hydroxylation is 2. The number of nitrogens with zero attached hydrogens (tertiary/aromatic N) is 1. The molecule has 0 aliphatic heterocycles. The lowest BCUT2D eigenvalue weighted by atomic mass is 9.94. The lowest BCUT2D eigenvalue weighted by Crippen LogP contribution is -2.30. The number of aromatic nitrogens is 1. The van der Waals surface area contributed by atoms with Crippen molar-refractivity contribution in [2.45, 2.75) is 26.3 Å². The van der Waals surface area contributed by atoms with E-state index < -0.39 is 0 Å². The van der Waals surface area contributed by atoms with Gasteiger partial charge in [-0.3, -0.25) is 16.3 Å². The molecular formula is C15H19N3. The maximum absolute atomic E-state index is 5.68. The quantitative estimate of drug-likeness (QED) is 0.638. The molecule has 0 aliphatic rings. The number of hydrogen-bond donors (Lipinski definition) is 2. The van der Waals surface area contributed by atoms with Crippen molar-refractivity contribution in [3.63, 3.8) is 0 Å². The Morgan fingerprint density at radius 2 is 1.89 bits per heavy atom. The number of hydrazine groups is 1. The summed E-state index contributed by atoms with van der Waals surface area (Å²) in [7, 11) is 0. The second-order valence-corrected chi connectivity index (χ2v) is 4.58. The smallest absolute Gasteiger partial charge is 0.0515 e. The van der Waals surface area contributed by atoms with Gasteiger partial charge in [0.05, 0.1) is 6.04 Å². The van der Waals surface area contributed by atoms with E-state index in [0.29, 0.717) is 0 Å². The van der Waals surface area contributed by atoms with Crippen LogP contribution in [0.2, 0.25) is 0 Å². The molecule has 1 heterocycles. The first-order chi connectivity index (χ1) is 8.72. The van der Waals surface area contributed by atoms with Gasteiger partial charge in [0.2, 0.25) is 0 Å². The maximum Gasteiger partial charge on any atom is 0.0515 e. The molecule has 2 aromatic rings. The lowest BCUT2D eigenvalue weighted by molar-refractivity contribution is 0.548. The van der Waals surface area contributed by atoms with E-state index in [1.807, 2.05) is 18.3 Å². The predicted octanol–water partition coefficient (Wildman–Crippen LogP) is 2.45. The Bertz CT molecular complexity index is 488. The molecule has 0 saturated carbocycles. The van der Waals surface area contributed by atoms with Gasteiger partial charge in [0.1, 0.15) is 0 Å². The first kappa shape index (κ1) is 12.7. The van der Waals surface area contributed by atoms with Crippen LogP contribution < -0.4 is 11.3 Å². The van der Waals surface area contributed by atoms with Crippen LogP contribution in [0.4, 0.5) is 0 Å². The Balaban J connectivity index is 2.26. The fourth-order valence-corrected chi connectivity index (χ4v) is 2.23. The summed E-state index contributed by atoms with van der Waals surface area (Å²) in [5.41, 5.74) is 7.96. The van der Waals surface area contributed by atoms with E-state index in [1.165, 1.54) is 16.7 Å². The van der Waals surface area contributed by atoms with Gasteiger partial charge in [0.25, 0.3) is 0 Å². The Morgan fingerprint density at radius 1 is 1.17 bits per heavy atom. The van der Waals surface area contributed by atoms with Crippen molar-refractivity contribution in [1.29, 1.82) is 0 Å². The van der Waals surface area contributed by atoms with Gasteiger partial charge in [0.15, 0.2) is 0 Å². The maximum atomic E-state index is 5.68. The number of hydrogen-bond acceptors (Lipinski definition) is 3. The standard InChI is InChI=1S/C15H19N3/c1-11-5-3-6-12(2)14(11)9-15(18-16)13-7-4-8-17-10-13/h3-8,10,15,18H,9,16H2,1-2H3. The largest absolute Gasteiger partial charge is 0.271 e. The summed E-state index contributed by atoms with van der Waals surface area (Å²) >= 11 is 0. The van der Waals surface area contributed by atoms with Crippen LogP contribution in [0.3, 0.4) is 0 Å². The molecular weight excluding hydrogens is 222 g/mol. The van der Waals surface area contributed by atoms with Gasteiger partial charge >= 0.3 is 0 Å². The zero-order valence-electron chi connectivity index (χ0n) is 10.9. The van der Waals surface area contributed by atoms with Crippen molar-refractivity contribution < 1.29 is 0 Å². The molecule has 0 bridgehead atoms. The van der Waals surface area contributed by atoms with E-state index in [-0.39, 0.29) is 6.04 Å². The van der Waals surface area contributed by atoms with Crippen molar-refractivity contribution >= 4 is 0 Å². The normalized spacial score (nSPS) is 12.4. The van der Waals surface area contributed by atoms with Gasteiger partial charge in [-0.1, -0.05) is 24.3 Å². The average molecular weight is 241 g/mol. The number of benzene rings is 1. The minimum absolute atomic E-state index is 0.0958. The highest BCUT2D eigenvalue weighted by molar-refractivity contribution is 5.35. The number of nitrogens with one attached hydrogen (secondary N) is 1. The highest BCUT2D eigenvalue weighted by Crippen LogP contribution is 2.21. The zero-order valence-corrected chi connectivity index (χ0v) is 10.9. The van der Waals surface area contributed by atoms with E-state index >= 15 is 0 Å². The van der Waals surface area contributed by atoms with Crippen molar-refractivity contribution in [3.05, 3.63) is 65.0 Å². The Hall–Kier alpha value is -1.71. The summed E-state index contributed by atoms with van der Waals surface area (Å²) in [6, 6.07) is 10.4. The summed E-state index contributed by atoms with van der Waals surface area (Å²) in [6.07, 6.45) is 4.51. The van der Waals surface area contributed by atoms with Crippen LogP contribution in [0.5, 0.6) is 0 Å². The Morgan fingerprint density at radius 3 is 2.44 bits per heavy atom. The van der Waals surface area contributed by atoms with Crippen LogP contribution >= 0.6 is 0 Å². The molecule has 0 spiro atoms. The second kappa shape index (κ2) is 5.76. The molecule has 3 heteroatoms. The highest BCUT2D eigenvalue weighted by Gasteiger charge is 2.13. The Labute approximate surface area is 108 Å². The van der Waals surface area contributed by atoms with Crippen LogP contribution in [0.25, 0.3) is 0 Å². The van der Waals surface area contributed by atoms with Gasteiger partial charge in [-0.15, -0.1) is 0 Å². The molecule has 0 amide bonds. The third-order valence-electron chi connectivity index (χ3n) is 3.34. The zero-order chi connectivity index (χ0) is 13.0. The predicted molar refractivity (Wildman–Crippen MR) is 73.9 cm³/mol. The van der Waals surface area contributed by atoms with E-state index in [4.69, 9.17) is 5.84 Å². The van der Waals surface area contributed by atoms with Crippen molar-refractivity contribution in [2.75, 3.05) is 0 Å². The summed E-state index contributed by atoms with van der Waals surface area (Å²) in [6.45, 7) is 4.28.